The first kappa shape index (κ1) is 12.1. The van der Waals surface area contributed by atoms with E-state index in [0.29, 0.717) is 0 Å². The minimum atomic E-state index is 1.20. The molecule has 0 bridgehead atoms. The summed E-state index contributed by atoms with van der Waals surface area (Å²) in [5, 5.41) is 0. The average Bonchev–Trinajstić information content (AvgIpc) is 2.38. The molecule has 0 N–H and O–H groups in total. The smallest absolute Gasteiger partial charge is 0.0312 e. The van der Waals surface area contributed by atoms with Gasteiger partial charge in [0.15, 0.2) is 0 Å². The van der Waals surface area contributed by atoms with E-state index < -0.39 is 0 Å². The quantitative estimate of drug-likeness (QED) is 0.695. The van der Waals surface area contributed by atoms with E-state index in [1.165, 1.54) is 51.2 Å². The van der Waals surface area contributed by atoms with E-state index in [1.54, 1.807) is 5.70 Å². The Bertz CT molecular complexity index is 265. The molecule has 3 heteroatoms. The predicted molar refractivity (Wildman–Crippen MR) is 72.4 cm³/mol. The lowest BCUT2D eigenvalue weighted by molar-refractivity contribution is 0.234. The fourth-order valence-electron chi connectivity index (χ4n) is 2.18. The predicted octanol–water partition coefficient (Wildman–Crippen LogP) is 2.90. The molecule has 1 aliphatic heterocycles. The highest BCUT2D eigenvalue weighted by atomic mass is 32.2. The summed E-state index contributed by atoms with van der Waals surface area (Å²) >= 11 is 2.02. The first-order valence-electron chi connectivity index (χ1n) is 6.38. The van der Waals surface area contributed by atoms with Gasteiger partial charge < -0.3 is 4.90 Å². The van der Waals surface area contributed by atoms with Gasteiger partial charge in [0, 0.05) is 37.6 Å². The lowest BCUT2D eigenvalue weighted by Gasteiger charge is -2.37. The maximum Gasteiger partial charge on any atom is 0.0312 e. The van der Waals surface area contributed by atoms with Gasteiger partial charge in [-0.3, -0.25) is 0 Å². The molecule has 16 heavy (non-hydrogen) atoms. The van der Waals surface area contributed by atoms with Gasteiger partial charge in [0.05, 0.1) is 0 Å². The molecule has 1 heterocycles. The highest BCUT2D eigenvalue weighted by Gasteiger charge is 2.18. The van der Waals surface area contributed by atoms with Crippen molar-refractivity contribution >= 4 is 11.9 Å². The molecule has 1 saturated heterocycles. The molecule has 0 atom stereocenters. The molecular weight excluding hydrogens is 216 g/mol. The van der Waals surface area contributed by atoms with Gasteiger partial charge in [-0.15, -0.1) is 0 Å². The third kappa shape index (κ3) is 3.29. The summed E-state index contributed by atoms with van der Waals surface area (Å²) in [4.78, 5) is 2.56. The third-order valence-electron chi connectivity index (χ3n) is 3.11. The lowest BCUT2D eigenvalue weighted by Crippen LogP contribution is -2.43. The van der Waals surface area contributed by atoms with Crippen LogP contribution in [0.1, 0.15) is 26.2 Å². The molecule has 90 valence electrons. The Morgan fingerprint density at radius 3 is 2.69 bits per heavy atom. The van der Waals surface area contributed by atoms with Crippen LogP contribution in [-0.2, 0) is 0 Å². The first-order chi connectivity index (χ1) is 7.90. The summed E-state index contributed by atoms with van der Waals surface area (Å²) in [7, 11) is 0. The average molecular weight is 238 g/mol. The molecule has 0 spiro atoms. The van der Waals surface area contributed by atoms with Crippen molar-refractivity contribution in [1.82, 2.24) is 9.21 Å². The van der Waals surface area contributed by atoms with Crippen LogP contribution in [0.3, 0.4) is 0 Å². The summed E-state index contributed by atoms with van der Waals surface area (Å²) in [5.41, 5.74) is 1.54. The van der Waals surface area contributed by atoms with Crippen molar-refractivity contribution < 1.29 is 0 Å². The van der Waals surface area contributed by atoms with Crippen LogP contribution in [-0.4, -0.2) is 41.1 Å². The Hall–Kier alpha value is -0.410. The normalized spacial score (nSPS) is 22.3. The Kier molecular flexibility index (Phi) is 4.79. The summed E-state index contributed by atoms with van der Waals surface area (Å²) in [6.45, 7) is 7.09. The second-order valence-electron chi connectivity index (χ2n) is 4.37. The van der Waals surface area contributed by atoms with E-state index in [4.69, 9.17) is 0 Å². The number of piperazine rings is 1. The van der Waals surface area contributed by atoms with E-state index in [0.717, 1.165) is 0 Å². The second-order valence-corrected chi connectivity index (χ2v) is 5.56. The zero-order chi connectivity index (χ0) is 11.2. The largest absolute Gasteiger partial charge is 0.372 e. The van der Waals surface area contributed by atoms with Crippen LogP contribution < -0.4 is 0 Å². The number of hydrogen-bond donors (Lipinski definition) is 0. The number of nitrogens with zero attached hydrogens (tertiary/aromatic N) is 2. The van der Waals surface area contributed by atoms with Gasteiger partial charge in [0.1, 0.15) is 0 Å². The molecular formula is C13H22N2S. The van der Waals surface area contributed by atoms with E-state index in [2.05, 4.69) is 34.4 Å². The summed E-state index contributed by atoms with van der Waals surface area (Å²) in [5.74, 6) is 1.27. The van der Waals surface area contributed by atoms with Crippen LogP contribution in [0.2, 0.25) is 0 Å². The Morgan fingerprint density at radius 1 is 1.25 bits per heavy atom. The van der Waals surface area contributed by atoms with Crippen LogP contribution in [0.5, 0.6) is 0 Å². The van der Waals surface area contributed by atoms with E-state index in [1.807, 2.05) is 11.9 Å². The maximum absolute atomic E-state index is 2.56. The van der Waals surface area contributed by atoms with Gasteiger partial charge in [-0.2, -0.15) is 0 Å². The molecule has 0 aromatic heterocycles. The highest BCUT2D eigenvalue weighted by molar-refractivity contribution is 7.97. The zero-order valence-corrected chi connectivity index (χ0v) is 11.0. The minimum Gasteiger partial charge on any atom is -0.372 e. The van der Waals surface area contributed by atoms with Crippen molar-refractivity contribution in [2.45, 2.75) is 26.2 Å². The van der Waals surface area contributed by atoms with E-state index in [9.17, 15) is 0 Å². The zero-order valence-electron chi connectivity index (χ0n) is 10.2. The molecule has 0 saturated carbocycles. The fraction of sp³-hybridized carbons (Fsp3) is 0.692. The summed E-state index contributed by atoms with van der Waals surface area (Å²) < 4.78 is 2.53. The van der Waals surface area contributed by atoms with Gasteiger partial charge in [-0.1, -0.05) is 31.0 Å². The summed E-state index contributed by atoms with van der Waals surface area (Å²) in [6, 6.07) is 0. The second kappa shape index (κ2) is 6.36. The Balaban J connectivity index is 1.76. The monoisotopic (exact) mass is 238 g/mol. The van der Waals surface area contributed by atoms with Gasteiger partial charge in [-0.25, -0.2) is 4.31 Å². The van der Waals surface area contributed by atoms with Crippen LogP contribution in [0.25, 0.3) is 0 Å². The van der Waals surface area contributed by atoms with Crippen molar-refractivity contribution in [1.29, 1.82) is 0 Å². The fourth-order valence-corrected chi connectivity index (χ4v) is 3.04. The Labute approximate surface area is 104 Å². The number of hydrogen-bond acceptors (Lipinski definition) is 3. The number of rotatable bonds is 4. The van der Waals surface area contributed by atoms with E-state index in [-0.39, 0.29) is 0 Å². The van der Waals surface area contributed by atoms with E-state index >= 15 is 0 Å². The van der Waals surface area contributed by atoms with Gasteiger partial charge in [0.25, 0.3) is 0 Å². The third-order valence-corrected chi connectivity index (χ3v) is 4.44. The van der Waals surface area contributed by atoms with Crippen LogP contribution >= 0.6 is 11.9 Å². The first-order valence-corrected chi connectivity index (χ1v) is 7.33. The van der Waals surface area contributed by atoms with Gasteiger partial charge in [-0.05, 0) is 25.3 Å². The molecule has 1 aliphatic carbocycles. The van der Waals surface area contributed by atoms with Crippen molar-refractivity contribution in [3.05, 3.63) is 23.9 Å². The van der Waals surface area contributed by atoms with Crippen molar-refractivity contribution in [3.8, 4) is 0 Å². The standard InChI is InChI=1S/C13H22N2S/c1-2-12-16-15-10-8-14(9-11-15)13-6-4-3-5-7-13/h3-4,6H,2,5,7-12H2,1H3. The van der Waals surface area contributed by atoms with Crippen LogP contribution in [0, 0.1) is 0 Å². The molecule has 0 radical (unpaired) electrons. The molecule has 0 unspecified atom stereocenters. The van der Waals surface area contributed by atoms with Crippen molar-refractivity contribution in [2.75, 3.05) is 31.9 Å². The van der Waals surface area contributed by atoms with Crippen LogP contribution in [0.15, 0.2) is 23.9 Å². The minimum absolute atomic E-state index is 1.20. The molecule has 2 aliphatic rings. The number of allylic oxidation sites excluding steroid dienone is 4. The summed E-state index contributed by atoms with van der Waals surface area (Å²) in [6.07, 6.45) is 10.5. The molecule has 0 aromatic rings. The SMILES string of the molecule is CCCSN1CCN(C2=CC=CCC2)CC1. The van der Waals surface area contributed by atoms with Gasteiger partial charge >= 0.3 is 0 Å². The molecule has 0 amide bonds. The molecule has 2 rings (SSSR count). The molecule has 2 nitrogen and oxygen atoms in total. The van der Waals surface area contributed by atoms with Gasteiger partial charge in [0.2, 0.25) is 0 Å². The molecule has 0 aromatic carbocycles. The lowest BCUT2D eigenvalue weighted by atomic mass is 10.1. The topological polar surface area (TPSA) is 6.48 Å². The Morgan fingerprint density at radius 2 is 2.06 bits per heavy atom. The molecule has 1 fully saturated rings. The van der Waals surface area contributed by atoms with Crippen molar-refractivity contribution in [2.24, 2.45) is 0 Å². The van der Waals surface area contributed by atoms with Crippen LogP contribution in [0.4, 0.5) is 0 Å². The van der Waals surface area contributed by atoms with Crippen molar-refractivity contribution in [3.63, 3.8) is 0 Å². The highest BCUT2D eigenvalue weighted by Crippen LogP contribution is 2.21. The maximum atomic E-state index is 2.56.